The summed E-state index contributed by atoms with van der Waals surface area (Å²) in [4.78, 5) is 21.6. The van der Waals surface area contributed by atoms with Crippen molar-refractivity contribution in [3.05, 3.63) is 30.1 Å². The van der Waals surface area contributed by atoms with Crippen LogP contribution in [0.5, 0.6) is 0 Å². The third kappa shape index (κ3) is 3.70. The standard InChI is InChI=1S/C19H26FN3O2/c20-15-4-7-23(8-5-15)19(24)18-13-25-12-14-9-22(11-17(14)18)10-16-3-1-2-6-21-16/h1-3,6,14-15,17-18H,4-5,7-13H2/t14-,17-,18+/m0/s1. The number of carbonyl (C=O) groups is 1. The van der Waals surface area contributed by atoms with Crippen molar-refractivity contribution in [1.29, 1.82) is 0 Å². The summed E-state index contributed by atoms with van der Waals surface area (Å²) in [6.07, 6.45) is 2.01. The number of halogens is 1. The van der Waals surface area contributed by atoms with Crippen molar-refractivity contribution in [2.75, 3.05) is 39.4 Å². The number of fused-ring (bicyclic) bond motifs is 1. The lowest BCUT2D eigenvalue weighted by molar-refractivity contribution is -0.145. The van der Waals surface area contributed by atoms with E-state index in [2.05, 4.69) is 9.88 Å². The Kier molecular flexibility index (Phi) is 4.99. The number of nitrogens with zero attached hydrogens (tertiary/aromatic N) is 3. The third-order valence-electron chi connectivity index (χ3n) is 5.88. The van der Waals surface area contributed by atoms with Crippen LogP contribution in [0.2, 0.25) is 0 Å². The second-order valence-electron chi connectivity index (χ2n) is 7.58. The molecule has 1 aromatic rings. The number of hydrogen-bond donors (Lipinski definition) is 0. The third-order valence-corrected chi connectivity index (χ3v) is 5.88. The van der Waals surface area contributed by atoms with Crippen LogP contribution in [0.4, 0.5) is 4.39 Å². The van der Waals surface area contributed by atoms with Crippen molar-refractivity contribution in [2.45, 2.75) is 25.6 Å². The van der Waals surface area contributed by atoms with Gasteiger partial charge in [-0.2, -0.15) is 0 Å². The van der Waals surface area contributed by atoms with Gasteiger partial charge in [-0.3, -0.25) is 14.7 Å². The molecule has 3 fully saturated rings. The molecule has 0 saturated carbocycles. The van der Waals surface area contributed by atoms with E-state index in [1.165, 1.54) is 0 Å². The Hall–Kier alpha value is -1.53. The van der Waals surface area contributed by atoms with Gasteiger partial charge in [-0.1, -0.05) is 6.07 Å². The number of amides is 1. The number of aromatic nitrogens is 1. The van der Waals surface area contributed by atoms with Crippen molar-refractivity contribution >= 4 is 5.91 Å². The second-order valence-corrected chi connectivity index (χ2v) is 7.58. The molecule has 4 heterocycles. The molecule has 3 aliphatic rings. The fourth-order valence-electron chi connectivity index (χ4n) is 4.50. The van der Waals surface area contributed by atoms with Crippen LogP contribution in [-0.4, -0.2) is 66.3 Å². The highest BCUT2D eigenvalue weighted by molar-refractivity contribution is 5.79. The highest BCUT2D eigenvalue weighted by atomic mass is 19.1. The summed E-state index contributed by atoms with van der Waals surface area (Å²) in [5.41, 5.74) is 1.06. The number of ether oxygens (including phenoxy) is 1. The molecule has 0 spiro atoms. The SMILES string of the molecule is O=C([C@@H]1COC[C@@H]2CN(Cc3ccccn3)C[C@@H]21)N1CCC(F)CC1. The van der Waals surface area contributed by atoms with Crippen LogP contribution in [0, 0.1) is 17.8 Å². The lowest BCUT2D eigenvalue weighted by atomic mass is 9.81. The van der Waals surface area contributed by atoms with Gasteiger partial charge in [0.15, 0.2) is 0 Å². The maximum absolute atomic E-state index is 13.4. The molecule has 5 nitrogen and oxygen atoms in total. The van der Waals surface area contributed by atoms with Crippen LogP contribution in [0.1, 0.15) is 18.5 Å². The summed E-state index contributed by atoms with van der Waals surface area (Å²) in [7, 11) is 0. The van der Waals surface area contributed by atoms with E-state index in [0.29, 0.717) is 44.4 Å². The molecule has 3 saturated heterocycles. The molecular formula is C19H26FN3O2. The molecule has 4 rings (SSSR count). The lowest BCUT2D eigenvalue weighted by Gasteiger charge is -2.37. The Morgan fingerprint density at radius 1 is 1.24 bits per heavy atom. The first kappa shape index (κ1) is 16.9. The van der Waals surface area contributed by atoms with Crippen molar-refractivity contribution < 1.29 is 13.9 Å². The molecule has 0 unspecified atom stereocenters. The molecular weight excluding hydrogens is 321 g/mol. The van der Waals surface area contributed by atoms with Gasteiger partial charge in [-0.05, 0) is 36.8 Å². The number of piperidine rings is 1. The molecule has 3 atom stereocenters. The fraction of sp³-hybridized carbons (Fsp3) is 0.684. The number of alkyl halides is 1. The maximum Gasteiger partial charge on any atom is 0.228 e. The monoisotopic (exact) mass is 347 g/mol. The quantitative estimate of drug-likeness (QED) is 0.836. The maximum atomic E-state index is 13.4. The average molecular weight is 347 g/mol. The van der Waals surface area contributed by atoms with Crippen LogP contribution in [0.15, 0.2) is 24.4 Å². The summed E-state index contributed by atoms with van der Waals surface area (Å²) in [5.74, 6) is 0.836. The molecule has 1 aromatic heterocycles. The van der Waals surface area contributed by atoms with Crippen LogP contribution in [0.25, 0.3) is 0 Å². The molecule has 1 amide bonds. The number of carbonyl (C=O) groups excluding carboxylic acids is 1. The number of pyridine rings is 1. The van der Waals surface area contributed by atoms with Gasteiger partial charge in [0.1, 0.15) is 6.17 Å². The molecule has 0 aromatic carbocycles. The summed E-state index contributed by atoms with van der Waals surface area (Å²) in [6, 6.07) is 5.98. The largest absolute Gasteiger partial charge is 0.380 e. The van der Waals surface area contributed by atoms with E-state index < -0.39 is 6.17 Å². The lowest BCUT2D eigenvalue weighted by Crippen LogP contribution is -2.48. The molecule has 0 radical (unpaired) electrons. The Balaban J connectivity index is 1.40. The molecule has 0 N–H and O–H groups in total. The van der Waals surface area contributed by atoms with Gasteiger partial charge >= 0.3 is 0 Å². The second kappa shape index (κ2) is 7.38. The van der Waals surface area contributed by atoms with Gasteiger partial charge in [0.25, 0.3) is 0 Å². The van der Waals surface area contributed by atoms with Crippen molar-refractivity contribution in [3.8, 4) is 0 Å². The van der Waals surface area contributed by atoms with Crippen LogP contribution in [-0.2, 0) is 16.1 Å². The van der Waals surface area contributed by atoms with Gasteiger partial charge < -0.3 is 9.64 Å². The molecule has 6 heteroatoms. The van der Waals surface area contributed by atoms with Crippen LogP contribution >= 0.6 is 0 Å². The van der Waals surface area contributed by atoms with E-state index in [9.17, 15) is 9.18 Å². The zero-order valence-corrected chi connectivity index (χ0v) is 14.5. The van der Waals surface area contributed by atoms with E-state index >= 15 is 0 Å². The van der Waals surface area contributed by atoms with E-state index in [1.807, 2.05) is 29.3 Å². The highest BCUT2D eigenvalue weighted by Gasteiger charge is 2.45. The van der Waals surface area contributed by atoms with Gasteiger partial charge in [0, 0.05) is 38.9 Å². The Bertz CT molecular complexity index is 592. The smallest absolute Gasteiger partial charge is 0.228 e. The summed E-state index contributed by atoms with van der Waals surface area (Å²) in [6.45, 7) is 5.03. The first-order valence-electron chi connectivity index (χ1n) is 9.33. The molecule has 3 aliphatic heterocycles. The topological polar surface area (TPSA) is 45.7 Å². The summed E-state index contributed by atoms with van der Waals surface area (Å²) in [5, 5.41) is 0. The summed E-state index contributed by atoms with van der Waals surface area (Å²) >= 11 is 0. The van der Waals surface area contributed by atoms with Gasteiger partial charge in [0.2, 0.25) is 5.91 Å². The van der Waals surface area contributed by atoms with Crippen molar-refractivity contribution in [3.63, 3.8) is 0 Å². The van der Waals surface area contributed by atoms with Crippen molar-refractivity contribution in [2.24, 2.45) is 17.8 Å². The van der Waals surface area contributed by atoms with E-state index in [-0.39, 0.29) is 11.8 Å². The first-order valence-corrected chi connectivity index (χ1v) is 9.33. The molecule has 0 bridgehead atoms. The zero-order valence-electron chi connectivity index (χ0n) is 14.5. The van der Waals surface area contributed by atoms with E-state index in [0.717, 1.165) is 31.9 Å². The number of hydrogen-bond acceptors (Lipinski definition) is 4. The zero-order chi connectivity index (χ0) is 17.2. The van der Waals surface area contributed by atoms with Gasteiger partial charge in [0.05, 0.1) is 24.8 Å². The number of likely N-dealkylation sites (tertiary alicyclic amines) is 2. The summed E-state index contributed by atoms with van der Waals surface area (Å²) < 4.78 is 19.1. The van der Waals surface area contributed by atoms with Crippen LogP contribution < -0.4 is 0 Å². The first-order chi connectivity index (χ1) is 12.2. The molecule has 136 valence electrons. The van der Waals surface area contributed by atoms with Crippen LogP contribution in [0.3, 0.4) is 0 Å². The van der Waals surface area contributed by atoms with E-state index in [1.54, 1.807) is 0 Å². The molecule has 0 aliphatic carbocycles. The predicted octanol–water partition coefficient (Wildman–Crippen LogP) is 1.74. The van der Waals surface area contributed by atoms with Gasteiger partial charge in [-0.15, -0.1) is 0 Å². The Morgan fingerprint density at radius 3 is 2.84 bits per heavy atom. The Morgan fingerprint density at radius 2 is 2.08 bits per heavy atom. The molecule has 25 heavy (non-hydrogen) atoms. The minimum absolute atomic E-state index is 0.0800. The number of rotatable bonds is 3. The van der Waals surface area contributed by atoms with Crippen molar-refractivity contribution in [1.82, 2.24) is 14.8 Å². The van der Waals surface area contributed by atoms with Gasteiger partial charge in [-0.25, -0.2) is 4.39 Å². The normalized spacial score (nSPS) is 31.1. The average Bonchev–Trinajstić information content (AvgIpc) is 3.05. The minimum Gasteiger partial charge on any atom is -0.380 e. The van der Waals surface area contributed by atoms with E-state index in [4.69, 9.17) is 4.74 Å². The highest BCUT2D eigenvalue weighted by Crippen LogP contribution is 2.36. The Labute approximate surface area is 148 Å². The predicted molar refractivity (Wildman–Crippen MR) is 91.5 cm³/mol. The minimum atomic E-state index is -0.750. The fourth-order valence-corrected chi connectivity index (χ4v) is 4.50.